The van der Waals surface area contributed by atoms with Crippen LogP contribution >= 0.6 is 11.8 Å². The number of nitrogens with one attached hydrogen (secondary N) is 1. The molecule has 1 saturated heterocycles. The van der Waals surface area contributed by atoms with Crippen LogP contribution in [0.2, 0.25) is 0 Å². The van der Waals surface area contributed by atoms with Crippen LogP contribution in [0.4, 0.5) is 5.69 Å². The van der Waals surface area contributed by atoms with E-state index in [2.05, 4.69) is 46.9 Å². The highest BCUT2D eigenvalue weighted by molar-refractivity contribution is 7.99. The van der Waals surface area contributed by atoms with Gasteiger partial charge in [0, 0.05) is 48.5 Å². The normalized spacial score (nSPS) is 16.7. The topological polar surface area (TPSA) is 28.2 Å². The molecule has 3 nitrogen and oxygen atoms in total. The van der Waals surface area contributed by atoms with Gasteiger partial charge in [-0.05, 0) is 31.7 Å². The Bertz CT molecular complexity index is 373. The van der Waals surface area contributed by atoms with Gasteiger partial charge in [0.2, 0.25) is 0 Å². The fourth-order valence-electron chi connectivity index (χ4n) is 2.25. The second-order valence-electron chi connectivity index (χ2n) is 4.69. The molecular formula is C14H23N3S. The van der Waals surface area contributed by atoms with E-state index in [9.17, 15) is 0 Å². The molecule has 1 fully saturated rings. The van der Waals surface area contributed by atoms with Crippen molar-refractivity contribution in [3.63, 3.8) is 0 Å². The van der Waals surface area contributed by atoms with E-state index in [1.165, 1.54) is 35.7 Å². The third kappa shape index (κ3) is 3.62. The Morgan fingerprint density at radius 3 is 3.11 bits per heavy atom. The summed E-state index contributed by atoms with van der Waals surface area (Å²) in [4.78, 5) is 6.97. The van der Waals surface area contributed by atoms with Crippen LogP contribution in [0.15, 0.2) is 12.3 Å². The van der Waals surface area contributed by atoms with Gasteiger partial charge in [-0.1, -0.05) is 6.92 Å². The fraction of sp³-hybridized carbons (Fsp3) is 0.643. The molecule has 100 valence electrons. The lowest BCUT2D eigenvalue weighted by molar-refractivity contribution is 0.715. The molecule has 0 aromatic carbocycles. The zero-order valence-corrected chi connectivity index (χ0v) is 12.2. The molecule has 0 bridgehead atoms. The van der Waals surface area contributed by atoms with Gasteiger partial charge < -0.3 is 10.2 Å². The first kappa shape index (κ1) is 13.7. The van der Waals surface area contributed by atoms with Gasteiger partial charge in [0.15, 0.2) is 0 Å². The number of hydrogen-bond donors (Lipinski definition) is 1. The Morgan fingerprint density at radius 1 is 1.39 bits per heavy atom. The number of hydrogen-bond acceptors (Lipinski definition) is 4. The smallest absolute Gasteiger partial charge is 0.0445 e. The van der Waals surface area contributed by atoms with Gasteiger partial charge in [0.1, 0.15) is 0 Å². The van der Waals surface area contributed by atoms with Gasteiger partial charge in [0.25, 0.3) is 0 Å². The van der Waals surface area contributed by atoms with Gasteiger partial charge in [0.05, 0.1) is 0 Å². The summed E-state index contributed by atoms with van der Waals surface area (Å²) in [6.07, 6.45) is 3.32. The molecule has 1 aromatic rings. The average molecular weight is 265 g/mol. The summed E-state index contributed by atoms with van der Waals surface area (Å²) in [5.74, 6) is 2.53. The predicted octanol–water partition coefficient (Wildman–Crippen LogP) is 2.44. The van der Waals surface area contributed by atoms with E-state index in [-0.39, 0.29) is 0 Å². The molecule has 0 radical (unpaired) electrons. The van der Waals surface area contributed by atoms with Gasteiger partial charge in [-0.2, -0.15) is 11.8 Å². The van der Waals surface area contributed by atoms with E-state index in [0.717, 1.165) is 25.3 Å². The van der Waals surface area contributed by atoms with Crippen molar-refractivity contribution < 1.29 is 0 Å². The van der Waals surface area contributed by atoms with E-state index >= 15 is 0 Å². The zero-order valence-electron chi connectivity index (χ0n) is 11.4. The molecule has 1 aliphatic heterocycles. The van der Waals surface area contributed by atoms with Gasteiger partial charge in [-0.25, -0.2) is 0 Å². The lowest BCUT2D eigenvalue weighted by Gasteiger charge is -2.25. The monoisotopic (exact) mass is 265 g/mol. The van der Waals surface area contributed by atoms with Crippen molar-refractivity contribution in [3.05, 3.63) is 23.5 Å². The van der Waals surface area contributed by atoms with Gasteiger partial charge >= 0.3 is 0 Å². The molecule has 0 spiro atoms. The predicted molar refractivity (Wildman–Crippen MR) is 80.5 cm³/mol. The Morgan fingerprint density at radius 2 is 2.28 bits per heavy atom. The molecule has 4 heteroatoms. The lowest BCUT2D eigenvalue weighted by Crippen LogP contribution is -2.27. The molecule has 1 aliphatic rings. The SMILES string of the molecule is CCNCc1cnc(C)cc1N1CCCSCC1. The van der Waals surface area contributed by atoms with Crippen LogP contribution in [0.3, 0.4) is 0 Å². The summed E-state index contributed by atoms with van der Waals surface area (Å²) >= 11 is 2.07. The quantitative estimate of drug-likeness (QED) is 0.905. The second kappa shape index (κ2) is 7.00. The molecule has 1 aromatic heterocycles. The molecule has 18 heavy (non-hydrogen) atoms. The number of nitrogens with zero attached hydrogens (tertiary/aromatic N) is 2. The largest absolute Gasteiger partial charge is 0.370 e. The van der Waals surface area contributed by atoms with Crippen molar-refractivity contribution in [1.29, 1.82) is 0 Å². The van der Waals surface area contributed by atoms with Crippen LogP contribution in [0.1, 0.15) is 24.6 Å². The minimum Gasteiger partial charge on any atom is -0.370 e. The van der Waals surface area contributed by atoms with Crippen molar-refractivity contribution in [1.82, 2.24) is 10.3 Å². The molecule has 2 rings (SSSR count). The Kier molecular flexibility index (Phi) is 5.32. The van der Waals surface area contributed by atoms with Crippen molar-refractivity contribution in [2.24, 2.45) is 0 Å². The minimum absolute atomic E-state index is 0.919. The molecule has 0 aliphatic carbocycles. The van der Waals surface area contributed by atoms with Crippen molar-refractivity contribution >= 4 is 17.4 Å². The van der Waals surface area contributed by atoms with Crippen LogP contribution in [0, 0.1) is 6.92 Å². The summed E-state index contributed by atoms with van der Waals surface area (Å²) in [7, 11) is 0. The van der Waals surface area contributed by atoms with Crippen molar-refractivity contribution in [2.75, 3.05) is 36.0 Å². The molecule has 2 heterocycles. The third-order valence-electron chi connectivity index (χ3n) is 3.23. The van der Waals surface area contributed by atoms with E-state index < -0.39 is 0 Å². The van der Waals surface area contributed by atoms with Crippen LogP contribution in [-0.2, 0) is 6.54 Å². The summed E-state index contributed by atoms with van der Waals surface area (Å²) in [5.41, 5.74) is 3.82. The Hall–Kier alpha value is -0.740. The first-order valence-corrected chi connectivity index (χ1v) is 7.95. The van der Waals surface area contributed by atoms with Crippen molar-refractivity contribution in [2.45, 2.75) is 26.8 Å². The van der Waals surface area contributed by atoms with Crippen LogP contribution < -0.4 is 10.2 Å². The van der Waals surface area contributed by atoms with Gasteiger partial charge in [-0.15, -0.1) is 0 Å². The molecule has 0 saturated carbocycles. The minimum atomic E-state index is 0.919. The zero-order chi connectivity index (χ0) is 12.8. The van der Waals surface area contributed by atoms with Crippen molar-refractivity contribution in [3.8, 4) is 0 Å². The highest BCUT2D eigenvalue weighted by Crippen LogP contribution is 2.23. The Labute approximate surface area is 114 Å². The van der Waals surface area contributed by atoms with E-state index in [1.54, 1.807) is 0 Å². The molecule has 0 amide bonds. The highest BCUT2D eigenvalue weighted by atomic mass is 32.2. The third-order valence-corrected chi connectivity index (χ3v) is 4.28. The first-order chi connectivity index (χ1) is 8.81. The molecule has 0 atom stereocenters. The maximum atomic E-state index is 4.44. The summed E-state index contributed by atoms with van der Waals surface area (Å²) in [6, 6.07) is 2.24. The maximum absolute atomic E-state index is 4.44. The van der Waals surface area contributed by atoms with Crippen LogP contribution in [0.5, 0.6) is 0 Å². The molecule has 1 N–H and O–H groups in total. The van der Waals surface area contributed by atoms with E-state index in [0.29, 0.717) is 0 Å². The second-order valence-corrected chi connectivity index (χ2v) is 5.91. The number of anilines is 1. The molecular weight excluding hydrogens is 242 g/mol. The van der Waals surface area contributed by atoms with E-state index in [4.69, 9.17) is 0 Å². The fourth-order valence-corrected chi connectivity index (χ4v) is 3.14. The average Bonchev–Trinajstić information content (AvgIpc) is 2.66. The number of aryl methyl sites for hydroxylation is 1. The summed E-state index contributed by atoms with van der Waals surface area (Å²) in [6.45, 7) is 8.48. The van der Waals surface area contributed by atoms with Crippen LogP contribution in [0.25, 0.3) is 0 Å². The lowest BCUT2D eigenvalue weighted by atomic mass is 10.1. The number of aromatic nitrogens is 1. The van der Waals surface area contributed by atoms with Crippen LogP contribution in [-0.4, -0.2) is 36.1 Å². The summed E-state index contributed by atoms with van der Waals surface area (Å²) < 4.78 is 0. The standard InChI is InChI=1S/C14H23N3S/c1-3-15-10-13-11-16-12(2)9-14(13)17-5-4-7-18-8-6-17/h9,11,15H,3-8,10H2,1-2H3. The number of thioether (sulfide) groups is 1. The molecule has 0 unspecified atom stereocenters. The summed E-state index contributed by atoms with van der Waals surface area (Å²) in [5, 5.41) is 3.41. The number of pyridine rings is 1. The highest BCUT2D eigenvalue weighted by Gasteiger charge is 2.14. The number of rotatable bonds is 4. The Balaban J connectivity index is 2.19. The van der Waals surface area contributed by atoms with E-state index in [1.807, 2.05) is 6.20 Å². The maximum Gasteiger partial charge on any atom is 0.0445 e. The first-order valence-electron chi connectivity index (χ1n) is 6.80. The van der Waals surface area contributed by atoms with Gasteiger partial charge in [-0.3, -0.25) is 4.98 Å².